The molecule has 0 aliphatic carbocycles. The van der Waals surface area contributed by atoms with Crippen LogP contribution in [0.2, 0.25) is 0 Å². The lowest BCUT2D eigenvalue weighted by atomic mass is 9.92. The van der Waals surface area contributed by atoms with Gasteiger partial charge in [-0.3, -0.25) is 0 Å². The number of carbonyl (C=O) groups excluding carboxylic acids is 1. The Bertz CT molecular complexity index is 380. The van der Waals surface area contributed by atoms with Crippen molar-refractivity contribution in [2.75, 3.05) is 11.9 Å². The Morgan fingerprint density at radius 2 is 1.72 bits per heavy atom. The van der Waals surface area contributed by atoms with E-state index in [1.165, 1.54) is 5.56 Å². The molecule has 0 unspecified atom stereocenters. The van der Waals surface area contributed by atoms with E-state index in [1.807, 2.05) is 52.0 Å². The zero-order valence-corrected chi connectivity index (χ0v) is 11.7. The molecule has 0 heterocycles. The standard InChI is InChI=1S/C15H23NO2/c1-5-15(6-2,14(17)18-7-3)16-13-10-8-12(4)9-11-13/h8-11,16H,5-7H2,1-4H3. The van der Waals surface area contributed by atoms with E-state index in [2.05, 4.69) is 5.32 Å². The highest BCUT2D eigenvalue weighted by Gasteiger charge is 2.36. The summed E-state index contributed by atoms with van der Waals surface area (Å²) in [4.78, 5) is 12.1. The lowest BCUT2D eigenvalue weighted by molar-refractivity contribution is -0.148. The van der Waals surface area contributed by atoms with Crippen molar-refractivity contribution in [1.82, 2.24) is 0 Å². The molecule has 1 rings (SSSR count). The highest BCUT2D eigenvalue weighted by molar-refractivity contribution is 5.84. The number of ether oxygens (including phenoxy) is 1. The summed E-state index contributed by atoms with van der Waals surface area (Å²) in [6, 6.07) is 8.05. The minimum Gasteiger partial charge on any atom is -0.464 e. The third-order valence-corrected chi connectivity index (χ3v) is 3.31. The molecule has 1 aromatic carbocycles. The van der Waals surface area contributed by atoms with Crippen LogP contribution in [-0.2, 0) is 9.53 Å². The van der Waals surface area contributed by atoms with Crippen molar-refractivity contribution in [1.29, 1.82) is 0 Å². The smallest absolute Gasteiger partial charge is 0.331 e. The van der Waals surface area contributed by atoms with E-state index in [1.54, 1.807) is 0 Å². The van der Waals surface area contributed by atoms with Gasteiger partial charge in [0, 0.05) is 5.69 Å². The molecular weight excluding hydrogens is 226 g/mol. The van der Waals surface area contributed by atoms with E-state index in [9.17, 15) is 4.79 Å². The second-order valence-corrected chi connectivity index (χ2v) is 4.50. The summed E-state index contributed by atoms with van der Waals surface area (Å²) in [6.45, 7) is 8.29. The second-order valence-electron chi connectivity index (χ2n) is 4.50. The van der Waals surface area contributed by atoms with E-state index >= 15 is 0 Å². The van der Waals surface area contributed by atoms with E-state index < -0.39 is 5.54 Å². The predicted molar refractivity (Wildman–Crippen MR) is 74.7 cm³/mol. The highest BCUT2D eigenvalue weighted by Crippen LogP contribution is 2.24. The SMILES string of the molecule is CCOC(=O)C(CC)(CC)Nc1ccc(C)cc1. The third kappa shape index (κ3) is 3.25. The molecule has 100 valence electrons. The summed E-state index contributed by atoms with van der Waals surface area (Å²) in [5, 5.41) is 3.33. The predicted octanol–water partition coefficient (Wildman–Crippen LogP) is 3.53. The Kier molecular flexibility index (Phi) is 5.20. The number of aryl methyl sites for hydroxylation is 1. The van der Waals surface area contributed by atoms with Gasteiger partial charge in [-0.25, -0.2) is 4.79 Å². The van der Waals surface area contributed by atoms with Crippen LogP contribution >= 0.6 is 0 Å². The fourth-order valence-electron chi connectivity index (χ4n) is 1.95. The Morgan fingerprint density at radius 1 is 1.17 bits per heavy atom. The summed E-state index contributed by atoms with van der Waals surface area (Å²) in [7, 11) is 0. The van der Waals surface area contributed by atoms with Crippen molar-refractivity contribution in [2.45, 2.75) is 46.1 Å². The third-order valence-electron chi connectivity index (χ3n) is 3.31. The van der Waals surface area contributed by atoms with Crippen molar-refractivity contribution in [3.63, 3.8) is 0 Å². The Labute approximate surface area is 110 Å². The molecule has 0 bridgehead atoms. The molecule has 18 heavy (non-hydrogen) atoms. The first-order chi connectivity index (χ1) is 8.57. The van der Waals surface area contributed by atoms with Gasteiger partial charge in [0.2, 0.25) is 0 Å². The van der Waals surface area contributed by atoms with Crippen LogP contribution in [-0.4, -0.2) is 18.1 Å². The normalized spacial score (nSPS) is 11.1. The Balaban J connectivity index is 2.91. The van der Waals surface area contributed by atoms with Gasteiger partial charge in [0.1, 0.15) is 5.54 Å². The zero-order valence-electron chi connectivity index (χ0n) is 11.7. The average molecular weight is 249 g/mol. The molecule has 3 heteroatoms. The summed E-state index contributed by atoms with van der Waals surface area (Å²) in [6.07, 6.45) is 1.41. The number of hydrogen-bond donors (Lipinski definition) is 1. The minimum absolute atomic E-state index is 0.171. The molecule has 1 aromatic rings. The second kappa shape index (κ2) is 6.43. The molecule has 3 nitrogen and oxygen atoms in total. The van der Waals surface area contributed by atoms with Crippen LogP contribution in [0, 0.1) is 6.92 Å². The van der Waals surface area contributed by atoms with Crippen molar-refractivity contribution in [3.8, 4) is 0 Å². The first-order valence-corrected chi connectivity index (χ1v) is 6.60. The maximum atomic E-state index is 12.1. The number of nitrogens with one attached hydrogen (secondary N) is 1. The van der Waals surface area contributed by atoms with Crippen LogP contribution in [0.5, 0.6) is 0 Å². The number of hydrogen-bond acceptors (Lipinski definition) is 3. The average Bonchev–Trinajstić information content (AvgIpc) is 2.38. The van der Waals surface area contributed by atoms with Crippen LogP contribution in [0.4, 0.5) is 5.69 Å². The Morgan fingerprint density at radius 3 is 2.17 bits per heavy atom. The van der Waals surface area contributed by atoms with Gasteiger partial charge in [-0.05, 0) is 38.8 Å². The summed E-state index contributed by atoms with van der Waals surface area (Å²) >= 11 is 0. The topological polar surface area (TPSA) is 38.3 Å². The summed E-state index contributed by atoms with van der Waals surface area (Å²) in [5.41, 5.74) is 1.54. The van der Waals surface area contributed by atoms with E-state index in [-0.39, 0.29) is 5.97 Å². The van der Waals surface area contributed by atoms with Crippen molar-refractivity contribution >= 4 is 11.7 Å². The highest BCUT2D eigenvalue weighted by atomic mass is 16.5. The number of benzene rings is 1. The molecule has 0 aliphatic rings. The van der Waals surface area contributed by atoms with E-state index in [4.69, 9.17) is 4.74 Å². The first-order valence-electron chi connectivity index (χ1n) is 6.60. The quantitative estimate of drug-likeness (QED) is 0.784. The van der Waals surface area contributed by atoms with Crippen LogP contribution in [0.1, 0.15) is 39.2 Å². The number of esters is 1. The van der Waals surface area contributed by atoms with Gasteiger partial charge in [-0.2, -0.15) is 0 Å². The molecule has 0 atom stereocenters. The van der Waals surface area contributed by atoms with Gasteiger partial charge >= 0.3 is 5.97 Å². The van der Waals surface area contributed by atoms with Gasteiger partial charge in [0.25, 0.3) is 0 Å². The number of carbonyl (C=O) groups is 1. The monoisotopic (exact) mass is 249 g/mol. The van der Waals surface area contributed by atoms with Crippen molar-refractivity contribution in [2.24, 2.45) is 0 Å². The van der Waals surface area contributed by atoms with Gasteiger partial charge in [-0.1, -0.05) is 31.5 Å². The molecule has 1 N–H and O–H groups in total. The lowest BCUT2D eigenvalue weighted by Crippen LogP contribution is -2.46. The molecule has 0 amide bonds. The molecule has 0 fully saturated rings. The maximum Gasteiger partial charge on any atom is 0.331 e. The fraction of sp³-hybridized carbons (Fsp3) is 0.533. The molecule has 0 radical (unpaired) electrons. The Hall–Kier alpha value is -1.51. The number of anilines is 1. The van der Waals surface area contributed by atoms with Crippen LogP contribution in [0.3, 0.4) is 0 Å². The van der Waals surface area contributed by atoms with Crippen LogP contribution < -0.4 is 5.32 Å². The van der Waals surface area contributed by atoms with Crippen LogP contribution in [0.15, 0.2) is 24.3 Å². The lowest BCUT2D eigenvalue weighted by Gasteiger charge is -2.31. The van der Waals surface area contributed by atoms with Crippen molar-refractivity contribution < 1.29 is 9.53 Å². The molecule has 0 spiro atoms. The van der Waals surface area contributed by atoms with Gasteiger partial charge in [-0.15, -0.1) is 0 Å². The summed E-state index contributed by atoms with van der Waals surface area (Å²) < 4.78 is 5.18. The van der Waals surface area contributed by atoms with Gasteiger partial charge in [0.15, 0.2) is 0 Å². The number of rotatable bonds is 6. The van der Waals surface area contributed by atoms with Crippen molar-refractivity contribution in [3.05, 3.63) is 29.8 Å². The largest absolute Gasteiger partial charge is 0.464 e. The summed E-state index contributed by atoms with van der Waals surface area (Å²) in [5.74, 6) is -0.171. The van der Waals surface area contributed by atoms with E-state index in [0.717, 1.165) is 5.69 Å². The maximum absolute atomic E-state index is 12.1. The zero-order chi connectivity index (χ0) is 13.6. The molecule has 0 saturated heterocycles. The molecule has 0 aromatic heterocycles. The molecular formula is C15H23NO2. The minimum atomic E-state index is -0.620. The van der Waals surface area contributed by atoms with Crippen LogP contribution in [0.25, 0.3) is 0 Å². The van der Waals surface area contributed by atoms with E-state index in [0.29, 0.717) is 19.4 Å². The molecule has 0 aliphatic heterocycles. The fourth-order valence-corrected chi connectivity index (χ4v) is 1.95. The van der Waals surface area contributed by atoms with Gasteiger partial charge in [0.05, 0.1) is 6.61 Å². The first kappa shape index (κ1) is 14.6. The van der Waals surface area contributed by atoms with Gasteiger partial charge < -0.3 is 10.1 Å². The molecule has 0 saturated carbocycles.